The smallest absolute Gasteiger partial charge is 0.174 e. The van der Waals surface area contributed by atoms with Crippen molar-refractivity contribution in [2.24, 2.45) is 0 Å². The largest absolute Gasteiger partial charge is 0.479 e. The van der Waals surface area contributed by atoms with Gasteiger partial charge < -0.3 is 15.4 Å². The number of benzene rings is 1. The van der Waals surface area contributed by atoms with Crippen LogP contribution in [-0.2, 0) is 0 Å². The fourth-order valence-electron chi connectivity index (χ4n) is 2.15. The number of nitrogens with one attached hydrogen (secondary N) is 2. The van der Waals surface area contributed by atoms with E-state index in [-0.39, 0.29) is 6.61 Å². The van der Waals surface area contributed by atoms with E-state index in [0.29, 0.717) is 6.04 Å². The number of hydrogen-bond donors (Lipinski definition) is 2. The van der Waals surface area contributed by atoms with Gasteiger partial charge in [-0.15, -0.1) is 0 Å². The minimum Gasteiger partial charge on any atom is -0.479 e. The summed E-state index contributed by atoms with van der Waals surface area (Å²) in [6, 6.07) is 10.3. The summed E-state index contributed by atoms with van der Waals surface area (Å²) in [5.41, 5.74) is 1.04. The number of nitrogens with zero attached hydrogens (tertiary/aromatic N) is 1. The maximum atomic E-state index is 8.47. The molecule has 1 heterocycles. The van der Waals surface area contributed by atoms with Gasteiger partial charge in [-0.25, -0.2) is 0 Å². The number of rotatable bonds is 5. The molecule has 96 valence electrons. The summed E-state index contributed by atoms with van der Waals surface area (Å²) >= 11 is 0. The van der Waals surface area contributed by atoms with Crippen LogP contribution in [0, 0.1) is 11.3 Å². The van der Waals surface area contributed by atoms with E-state index < -0.39 is 0 Å². The molecule has 4 nitrogen and oxygen atoms in total. The molecular formula is C14H19N3O. The van der Waals surface area contributed by atoms with Crippen LogP contribution in [0.5, 0.6) is 5.75 Å². The maximum absolute atomic E-state index is 8.47. The first-order valence-corrected chi connectivity index (χ1v) is 6.45. The third kappa shape index (κ3) is 3.94. The zero-order valence-corrected chi connectivity index (χ0v) is 10.5. The van der Waals surface area contributed by atoms with Crippen LogP contribution in [0.25, 0.3) is 0 Å². The zero-order valence-electron chi connectivity index (χ0n) is 10.5. The van der Waals surface area contributed by atoms with E-state index in [1.807, 2.05) is 30.3 Å². The van der Waals surface area contributed by atoms with Crippen molar-refractivity contribution in [3.63, 3.8) is 0 Å². The second-order valence-electron chi connectivity index (χ2n) is 4.50. The molecule has 2 N–H and O–H groups in total. The summed E-state index contributed by atoms with van der Waals surface area (Å²) in [5.74, 6) is 0.734. The highest BCUT2D eigenvalue weighted by molar-refractivity contribution is 5.48. The molecule has 1 unspecified atom stereocenters. The van der Waals surface area contributed by atoms with E-state index in [1.54, 1.807) is 0 Å². The summed E-state index contributed by atoms with van der Waals surface area (Å²) in [7, 11) is 0. The fraction of sp³-hybridized carbons (Fsp3) is 0.500. The Balaban J connectivity index is 1.82. The first kappa shape index (κ1) is 12.7. The van der Waals surface area contributed by atoms with Crippen molar-refractivity contribution in [3.05, 3.63) is 24.3 Å². The number of nitriles is 1. The van der Waals surface area contributed by atoms with Gasteiger partial charge in [-0.2, -0.15) is 5.26 Å². The van der Waals surface area contributed by atoms with Gasteiger partial charge in [0.1, 0.15) is 11.8 Å². The molecule has 18 heavy (non-hydrogen) atoms. The molecule has 1 saturated heterocycles. The Labute approximate surface area is 108 Å². The number of anilines is 1. The van der Waals surface area contributed by atoms with Crippen LogP contribution in [0.15, 0.2) is 24.3 Å². The highest BCUT2D eigenvalue weighted by Crippen LogP contribution is 2.17. The van der Waals surface area contributed by atoms with Crippen molar-refractivity contribution < 1.29 is 4.74 Å². The molecule has 1 aliphatic heterocycles. The molecule has 0 aromatic heterocycles. The topological polar surface area (TPSA) is 57.1 Å². The average Bonchev–Trinajstić information content (AvgIpc) is 2.44. The van der Waals surface area contributed by atoms with E-state index in [2.05, 4.69) is 10.6 Å². The van der Waals surface area contributed by atoms with Gasteiger partial charge in [-0.05, 0) is 31.5 Å². The van der Waals surface area contributed by atoms with Crippen molar-refractivity contribution in [3.8, 4) is 11.8 Å². The molecule has 0 spiro atoms. The average molecular weight is 245 g/mol. The van der Waals surface area contributed by atoms with E-state index in [4.69, 9.17) is 10.00 Å². The Hall–Kier alpha value is -1.73. The van der Waals surface area contributed by atoms with Gasteiger partial charge in [0.2, 0.25) is 0 Å². The van der Waals surface area contributed by atoms with E-state index >= 15 is 0 Å². The maximum Gasteiger partial charge on any atom is 0.174 e. The fourth-order valence-corrected chi connectivity index (χ4v) is 2.15. The first-order chi connectivity index (χ1) is 8.88. The van der Waals surface area contributed by atoms with Gasteiger partial charge >= 0.3 is 0 Å². The summed E-state index contributed by atoms with van der Waals surface area (Å²) in [4.78, 5) is 0. The molecule has 1 atom stereocenters. The first-order valence-electron chi connectivity index (χ1n) is 6.45. The number of ether oxygens (including phenoxy) is 1. The lowest BCUT2D eigenvalue weighted by atomic mass is 10.1. The monoisotopic (exact) mass is 245 g/mol. The Morgan fingerprint density at radius 1 is 1.44 bits per heavy atom. The van der Waals surface area contributed by atoms with E-state index in [0.717, 1.165) is 24.5 Å². The normalized spacial score (nSPS) is 18.9. The minimum atomic E-state index is 0.0909. The van der Waals surface area contributed by atoms with Crippen LogP contribution in [-0.4, -0.2) is 25.7 Å². The van der Waals surface area contributed by atoms with Gasteiger partial charge in [0.05, 0.1) is 0 Å². The number of hydrogen-bond acceptors (Lipinski definition) is 4. The van der Waals surface area contributed by atoms with Crippen LogP contribution < -0.4 is 15.4 Å². The second-order valence-corrected chi connectivity index (χ2v) is 4.50. The van der Waals surface area contributed by atoms with Crippen LogP contribution in [0.2, 0.25) is 0 Å². The molecule has 1 aliphatic rings. The van der Waals surface area contributed by atoms with Crippen LogP contribution >= 0.6 is 0 Å². The molecule has 0 bridgehead atoms. The molecule has 4 heteroatoms. The van der Waals surface area contributed by atoms with E-state index in [9.17, 15) is 0 Å². The van der Waals surface area contributed by atoms with Gasteiger partial charge in [0.25, 0.3) is 0 Å². The Kier molecular flexibility index (Phi) is 4.86. The van der Waals surface area contributed by atoms with Gasteiger partial charge in [-0.3, -0.25) is 0 Å². The molecular weight excluding hydrogens is 226 g/mol. The van der Waals surface area contributed by atoms with Crippen molar-refractivity contribution in [1.82, 2.24) is 5.32 Å². The molecule has 0 saturated carbocycles. The lowest BCUT2D eigenvalue weighted by Gasteiger charge is -2.24. The number of piperidine rings is 1. The molecule has 0 amide bonds. The van der Waals surface area contributed by atoms with Gasteiger partial charge in [0.15, 0.2) is 6.61 Å². The second kappa shape index (κ2) is 6.87. The predicted octanol–water partition coefficient (Wildman–Crippen LogP) is 2.14. The van der Waals surface area contributed by atoms with Crippen molar-refractivity contribution >= 4 is 5.69 Å². The summed E-state index contributed by atoms with van der Waals surface area (Å²) in [6.07, 6.45) is 3.83. The predicted molar refractivity (Wildman–Crippen MR) is 71.7 cm³/mol. The van der Waals surface area contributed by atoms with Crippen molar-refractivity contribution in [1.29, 1.82) is 5.26 Å². The molecule has 0 radical (unpaired) electrons. The lowest BCUT2D eigenvalue weighted by molar-refractivity contribution is 0.368. The Morgan fingerprint density at radius 2 is 2.39 bits per heavy atom. The zero-order chi connectivity index (χ0) is 12.6. The molecule has 0 aliphatic carbocycles. The SMILES string of the molecule is N#CCOc1cccc(NCC2CCCCN2)c1. The highest BCUT2D eigenvalue weighted by atomic mass is 16.5. The minimum absolute atomic E-state index is 0.0909. The molecule has 1 aromatic carbocycles. The highest BCUT2D eigenvalue weighted by Gasteiger charge is 2.11. The third-order valence-corrected chi connectivity index (χ3v) is 3.10. The standard InChI is InChI=1S/C14H19N3O/c15-7-9-18-14-6-3-5-12(10-14)17-11-13-4-1-2-8-16-13/h3,5-6,10,13,16-17H,1-2,4,8-9,11H2. The summed E-state index contributed by atoms with van der Waals surface area (Å²) in [5, 5.41) is 15.4. The van der Waals surface area contributed by atoms with Crippen LogP contribution in [0.4, 0.5) is 5.69 Å². The quantitative estimate of drug-likeness (QED) is 0.834. The molecule has 1 aromatic rings. The summed E-state index contributed by atoms with van der Waals surface area (Å²) in [6.45, 7) is 2.15. The summed E-state index contributed by atoms with van der Waals surface area (Å²) < 4.78 is 5.27. The van der Waals surface area contributed by atoms with Crippen LogP contribution in [0.3, 0.4) is 0 Å². The molecule has 2 rings (SSSR count). The lowest BCUT2D eigenvalue weighted by Crippen LogP contribution is -2.39. The van der Waals surface area contributed by atoms with Gasteiger partial charge in [-0.1, -0.05) is 12.5 Å². The van der Waals surface area contributed by atoms with Crippen LogP contribution in [0.1, 0.15) is 19.3 Å². The van der Waals surface area contributed by atoms with Crippen molar-refractivity contribution in [2.45, 2.75) is 25.3 Å². The van der Waals surface area contributed by atoms with Gasteiger partial charge in [0, 0.05) is 24.3 Å². The van der Waals surface area contributed by atoms with E-state index in [1.165, 1.54) is 19.3 Å². The Morgan fingerprint density at radius 3 is 3.17 bits per heavy atom. The Bertz CT molecular complexity index is 408. The third-order valence-electron chi connectivity index (χ3n) is 3.10. The molecule has 1 fully saturated rings. The van der Waals surface area contributed by atoms with Crippen molar-refractivity contribution in [2.75, 3.05) is 25.0 Å².